The molecule has 11 heteroatoms. The zero-order chi connectivity index (χ0) is 26.1. The highest BCUT2D eigenvalue weighted by Crippen LogP contribution is 2.38. The molecule has 2 saturated heterocycles. The lowest BCUT2D eigenvalue weighted by molar-refractivity contribution is -0.156. The van der Waals surface area contributed by atoms with Gasteiger partial charge in [-0.2, -0.15) is 13.2 Å². The number of halogens is 3. The second kappa shape index (κ2) is 10.3. The first-order valence-corrected chi connectivity index (χ1v) is 12.3. The van der Waals surface area contributed by atoms with Crippen LogP contribution in [0.4, 0.5) is 23.7 Å². The molecule has 0 aliphatic carbocycles. The minimum atomic E-state index is -4.39. The number of hydrogen-bond donors (Lipinski definition) is 1. The van der Waals surface area contributed by atoms with Crippen molar-refractivity contribution in [2.24, 2.45) is 0 Å². The molecule has 1 aromatic carbocycles. The fourth-order valence-corrected chi connectivity index (χ4v) is 4.67. The Morgan fingerprint density at radius 2 is 1.69 bits per heavy atom. The second-order valence-corrected chi connectivity index (χ2v) is 10.4. The Kier molecular flexibility index (Phi) is 7.51. The topological polar surface area (TPSA) is 68.4 Å². The number of hydrazine groups is 1. The molecule has 0 radical (unpaired) electrons. The van der Waals surface area contributed by atoms with Gasteiger partial charge >= 0.3 is 18.2 Å². The number of nitrogens with zero attached hydrogens (tertiary/aromatic N) is 4. The number of rotatable bonds is 4. The molecule has 0 bridgehead atoms. The van der Waals surface area contributed by atoms with Crippen molar-refractivity contribution in [2.45, 2.75) is 58.0 Å². The highest BCUT2D eigenvalue weighted by atomic mass is 19.4. The maximum Gasteiger partial charge on any atom is 0.418 e. The number of benzene rings is 1. The van der Waals surface area contributed by atoms with Crippen LogP contribution in [0.15, 0.2) is 30.5 Å². The van der Waals surface area contributed by atoms with Gasteiger partial charge in [0.25, 0.3) is 0 Å². The largest absolute Gasteiger partial charge is 0.459 e. The number of nitrogens with one attached hydrogen (secondary N) is 1. The smallest absolute Gasteiger partial charge is 0.418 e. The highest BCUT2D eigenvalue weighted by Gasteiger charge is 2.36. The van der Waals surface area contributed by atoms with Crippen LogP contribution in [0.25, 0.3) is 0 Å². The average Bonchev–Trinajstić information content (AvgIpc) is 3.50. The number of carbonyl (C=O) groups is 2. The molecule has 4 rings (SSSR count). The van der Waals surface area contributed by atoms with Gasteiger partial charge in [0.1, 0.15) is 11.6 Å². The van der Waals surface area contributed by atoms with Crippen molar-refractivity contribution in [3.8, 4) is 0 Å². The van der Waals surface area contributed by atoms with Crippen LogP contribution in [-0.2, 0) is 22.3 Å². The van der Waals surface area contributed by atoms with Crippen LogP contribution >= 0.6 is 0 Å². The van der Waals surface area contributed by atoms with Crippen LogP contribution in [0.2, 0.25) is 0 Å². The van der Waals surface area contributed by atoms with E-state index >= 15 is 0 Å². The molecule has 1 atom stereocenters. The number of amides is 2. The summed E-state index contributed by atoms with van der Waals surface area (Å²) >= 11 is 0. The van der Waals surface area contributed by atoms with Gasteiger partial charge in [-0.25, -0.2) is 20.0 Å². The van der Waals surface area contributed by atoms with E-state index < -0.39 is 29.4 Å². The minimum Gasteiger partial charge on any atom is -0.459 e. The number of hydrogen-bond acceptors (Lipinski definition) is 6. The first-order valence-electron chi connectivity index (χ1n) is 12.3. The summed E-state index contributed by atoms with van der Waals surface area (Å²) in [6, 6.07) is 3.42. The molecule has 0 aromatic heterocycles. The Labute approximate surface area is 209 Å². The van der Waals surface area contributed by atoms with Crippen molar-refractivity contribution in [3.05, 3.63) is 41.6 Å². The van der Waals surface area contributed by atoms with Crippen molar-refractivity contribution in [1.29, 1.82) is 0 Å². The third-order valence-electron chi connectivity index (χ3n) is 6.44. The van der Waals surface area contributed by atoms with Crippen LogP contribution in [0.5, 0.6) is 0 Å². The molecule has 198 valence electrons. The lowest BCUT2D eigenvalue weighted by atomic mass is 10.1. The summed E-state index contributed by atoms with van der Waals surface area (Å²) in [6.07, 6.45) is 0.535. The van der Waals surface area contributed by atoms with Crippen LogP contribution in [-0.4, -0.2) is 77.7 Å². The van der Waals surface area contributed by atoms with Gasteiger partial charge in [0.15, 0.2) is 0 Å². The molecule has 3 aliphatic rings. The Hall–Kier alpha value is -2.79. The average molecular weight is 510 g/mol. The molecule has 8 nitrogen and oxygen atoms in total. The van der Waals surface area contributed by atoms with E-state index in [1.807, 2.05) is 4.90 Å². The number of esters is 1. The first-order chi connectivity index (χ1) is 16.9. The van der Waals surface area contributed by atoms with Gasteiger partial charge in [-0.15, -0.1) is 0 Å². The number of anilines is 1. The minimum absolute atomic E-state index is 0.261. The first kappa shape index (κ1) is 26.3. The lowest BCUT2D eigenvalue weighted by Crippen LogP contribution is -2.55. The van der Waals surface area contributed by atoms with E-state index in [0.717, 1.165) is 18.4 Å². The highest BCUT2D eigenvalue weighted by molar-refractivity contribution is 5.82. The maximum atomic E-state index is 13.6. The molecule has 2 fully saturated rings. The van der Waals surface area contributed by atoms with E-state index in [1.165, 1.54) is 17.3 Å². The van der Waals surface area contributed by atoms with E-state index in [1.54, 1.807) is 43.9 Å². The number of carbonyl (C=O) groups excluding carboxylic acids is 2. The molecule has 0 spiro atoms. The van der Waals surface area contributed by atoms with Gasteiger partial charge in [0.05, 0.1) is 5.56 Å². The summed E-state index contributed by atoms with van der Waals surface area (Å²) in [7, 11) is 0. The van der Waals surface area contributed by atoms with Gasteiger partial charge in [0, 0.05) is 57.7 Å². The van der Waals surface area contributed by atoms with Crippen LogP contribution in [0.3, 0.4) is 0 Å². The Morgan fingerprint density at radius 3 is 2.31 bits per heavy atom. The second-order valence-electron chi connectivity index (χ2n) is 10.4. The maximum absolute atomic E-state index is 13.6. The van der Waals surface area contributed by atoms with Crippen LogP contribution in [0, 0.1) is 0 Å². The van der Waals surface area contributed by atoms with E-state index in [4.69, 9.17) is 4.74 Å². The molecule has 3 heterocycles. The Bertz CT molecular complexity index is 994. The lowest BCUT2D eigenvalue weighted by Gasteiger charge is -2.36. The monoisotopic (exact) mass is 509 g/mol. The predicted molar refractivity (Wildman–Crippen MR) is 129 cm³/mol. The fraction of sp³-hybridized carbons (Fsp3) is 0.600. The van der Waals surface area contributed by atoms with Crippen molar-refractivity contribution < 1.29 is 27.5 Å². The third-order valence-corrected chi connectivity index (χ3v) is 6.44. The van der Waals surface area contributed by atoms with Gasteiger partial charge in [-0.1, -0.05) is 6.07 Å². The van der Waals surface area contributed by atoms with Crippen molar-refractivity contribution in [2.75, 3.05) is 44.2 Å². The summed E-state index contributed by atoms with van der Waals surface area (Å²) < 4.78 is 46.1. The third kappa shape index (κ3) is 6.31. The predicted octanol–water partition coefficient (Wildman–Crippen LogP) is 3.59. The standard InChI is InChI=1S/C25H34F3N5O3/c1-24(2,3)36-22(34)20-8-11-33(29-20)23(35)32-14-12-30(13-15-32)17-18-6-7-19(25(26,27)28)21(16-18)31-9-4-5-10-31/h6-8,11,16,20,29H,4-5,9-10,12-15,17H2,1-3H3. The van der Waals surface area contributed by atoms with Crippen molar-refractivity contribution >= 4 is 17.7 Å². The summed E-state index contributed by atoms with van der Waals surface area (Å²) in [5, 5.41) is 1.29. The van der Waals surface area contributed by atoms with Gasteiger partial charge < -0.3 is 14.5 Å². The molecule has 1 aromatic rings. The van der Waals surface area contributed by atoms with Gasteiger partial charge in [-0.05, 0) is 57.4 Å². The summed E-state index contributed by atoms with van der Waals surface area (Å²) in [4.78, 5) is 30.8. The van der Waals surface area contributed by atoms with Gasteiger partial charge in [-0.3, -0.25) is 4.90 Å². The molecule has 2 amide bonds. The normalized spacial score (nSPS) is 21.4. The zero-order valence-corrected chi connectivity index (χ0v) is 21.0. The van der Waals surface area contributed by atoms with Crippen LogP contribution in [0.1, 0.15) is 44.7 Å². The summed E-state index contributed by atoms with van der Waals surface area (Å²) in [6.45, 7) is 9.28. The quantitative estimate of drug-likeness (QED) is 0.626. The van der Waals surface area contributed by atoms with E-state index in [2.05, 4.69) is 10.3 Å². The fourth-order valence-electron chi connectivity index (χ4n) is 4.67. The Balaban J connectivity index is 1.31. The number of urea groups is 1. The molecule has 36 heavy (non-hydrogen) atoms. The number of ether oxygens (including phenoxy) is 1. The zero-order valence-electron chi connectivity index (χ0n) is 21.0. The SMILES string of the molecule is CC(C)(C)OC(=O)C1C=CN(C(=O)N2CCN(Cc3ccc(C(F)(F)F)c(N4CCCC4)c3)CC2)N1. The van der Waals surface area contributed by atoms with E-state index in [0.29, 0.717) is 45.8 Å². The molecule has 1 unspecified atom stereocenters. The molecule has 3 aliphatic heterocycles. The van der Waals surface area contributed by atoms with Crippen molar-refractivity contribution in [3.63, 3.8) is 0 Å². The Morgan fingerprint density at radius 1 is 1.03 bits per heavy atom. The summed E-state index contributed by atoms with van der Waals surface area (Å²) in [5.74, 6) is -0.455. The van der Waals surface area contributed by atoms with Crippen LogP contribution < -0.4 is 10.3 Å². The van der Waals surface area contributed by atoms with Gasteiger partial charge in [0.2, 0.25) is 0 Å². The molecular formula is C25H34F3N5O3. The summed E-state index contributed by atoms with van der Waals surface area (Å²) in [5.41, 5.74) is 2.74. The molecular weight excluding hydrogens is 475 g/mol. The van der Waals surface area contributed by atoms with Crippen molar-refractivity contribution in [1.82, 2.24) is 20.2 Å². The van der Waals surface area contributed by atoms with E-state index in [9.17, 15) is 22.8 Å². The van der Waals surface area contributed by atoms with E-state index in [-0.39, 0.29) is 11.7 Å². The number of piperazine rings is 1. The number of alkyl halides is 3. The molecule has 0 saturated carbocycles. The molecule has 1 N–H and O–H groups in total.